The highest BCUT2D eigenvalue weighted by Crippen LogP contribution is 2.12. The summed E-state index contributed by atoms with van der Waals surface area (Å²) in [4.78, 5) is 10.8. The van der Waals surface area contributed by atoms with Gasteiger partial charge in [0.15, 0.2) is 0 Å². The molecule has 1 aromatic rings. The van der Waals surface area contributed by atoms with Crippen molar-refractivity contribution in [1.29, 1.82) is 5.26 Å². The van der Waals surface area contributed by atoms with Gasteiger partial charge in [-0.25, -0.2) is 0 Å². The van der Waals surface area contributed by atoms with Crippen molar-refractivity contribution >= 4 is 5.97 Å². The van der Waals surface area contributed by atoms with Crippen LogP contribution in [0.15, 0.2) is 24.3 Å². The highest BCUT2D eigenvalue weighted by atomic mass is 16.5. The van der Waals surface area contributed by atoms with E-state index >= 15 is 0 Å². The van der Waals surface area contributed by atoms with Gasteiger partial charge in [0, 0.05) is 0 Å². The predicted octanol–water partition coefficient (Wildman–Crippen LogP) is 0.422. The molecule has 0 bridgehead atoms. The van der Waals surface area contributed by atoms with Crippen molar-refractivity contribution in [3.05, 3.63) is 29.8 Å². The average Bonchev–Trinajstić information content (AvgIpc) is 2.18. The molecule has 0 spiro atoms. The molecule has 0 fully saturated rings. The summed E-state index contributed by atoms with van der Waals surface area (Å²) in [6.07, 6.45) is 0. The lowest BCUT2D eigenvalue weighted by atomic mass is 10.2. The zero-order valence-electron chi connectivity index (χ0n) is 6.86. The van der Waals surface area contributed by atoms with Gasteiger partial charge < -0.3 is 10.5 Å². The summed E-state index contributed by atoms with van der Waals surface area (Å²) in [5, 5.41) is 8.54. The highest BCUT2D eigenvalue weighted by Gasteiger charge is 2.01. The van der Waals surface area contributed by atoms with Gasteiger partial charge in [0.25, 0.3) is 0 Å². The van der Waals surface area contributed by atoms with Crippen LogP contribution >= 0.6 is 0 Å². The Hall–Kier alpha value is -1.86. The summed E-state index contributed by atoms with van der Waals surface area (Å²) in [5.41, 5.74) is 5.50. The van der Waals surface area contributed by atoms with Gasteiger partial charge in [0.1, 0.15) is 5.75 Å². The summed E-state index contributed by atoms with van der Waals surface area (Å²) in [6, 6.07) is 8.27. The van der Waals surface area contributed by atoms with Crippen molar-refractivity contribution in [3.8, 4) is 11.8 Å². The molecular formula is C9H8N2O2. The van der Waals surface area contributed by atoms with Crippen LogP contribution in [-0.2, 0) is 4.79 Å². The minimum Gasteiger partial charge on any atom is -0.426 e. The maximum absolute atomic E-state index is 10.8. The van der Waals surface area contributed by atoms with Gasteiger partial charge in [0.05, 0.1) is 18.2 Å². The van der Waals surface area contributed by atoms with E-state index in [1.54, 1.807) is 18.2 Å². The van der Waals surface area contributed by atoms with Crippen LogP contribution in [0.2, 0.25) is 0 Å². The number of nitrogens with two attached hydrogens (primary N) is 1. The molecule has 0 unspecified atom stereocenters. The molecule has 0 aliphatic rings. The van der Waals surface area contributed by atoms with E-state index in [4.69, 9.17) is 15.7 Å². The minimum atomic E-state index is -0.518. The van der Waals surface area contributed by atoms with E-state index in [9.17, 15) is 4.79 Å². The van der Waals surface area contributed by atoms with E-state index in [0.717, 1.165) is 0 Å². The van der Waals surface area contributed by atoms with Crippen LogP contribution in [0.3, 0.4) is 0 Å². The van der Waals surface area contributed by atoms with Crippen LogP contribution in [0.5, 0.6) is 5.75 Å². The van der Waals surface area contributed by atoms with E-state index in [2.05, 4.69) is 0 Å². The average molecular weight is 176 g/mol. The van der Waals surface area contributed by atoms with E-state index in [1.165, 1.54) is 6.07 Å². The molecule has 66 valence electrons. The van der Waals surface area contributed by atoms with Crippen molar-refractivity contribution in [2.24, 2.45) is 5.73 Å². The first-order valence-corrected chi connectivity index (χ1v) is 3.67. The molecule has 0 atom stereocenters. The normalized spacial score (nSPS) is 8.92. The number of nitrogens with zero attached hydrogens (tertiary/aromatic N) is 1. The topological polar surface area (TPSA) is 76.1 Å². The van der Waals surface area contributed by atoms with Gasteiger partial charge in [-0.15, -0.1) is 0 Å². The summed E-state index contributed by atoms with van der Waals surface area (Å²) in [7, 11) is 0. The quantitative estimate of drug-likeness (QED) is 0.523. The molecule has 0 heterocycles. The first-order chi connectivity index (χ1) is 6.26. The Bertz CT molecular complexity index is 355. The molecule has 1 aromatic carbocycles. The van der Waals surface area contributed by atoms with E-state index < -0.39 is 5.97 Å². The molecule has 0 aliphatic heterocycles. The summed E-state index contributed by atoms with van der Waals surface area (Å²) in [6.45, 7) is -0.170. The van der Waals surface area contributed by atoms with Crippen LogP contribution in [-0.4, -0.2) is 12.5 Å². The number of carbonyl (C=O) groups excluding carboxylic acids is 1. The van der Waals surface area contributed by atoms with Crippen molar-refractivity contribution in [2.45, 2.75) is 0 Å². The molecule has 0 aliphatic carbocycles. The van der Waals surface area contributed by atoms with Gasteiger partial charge in [-0.2, -0.15) is 5.26 Å². The number of rotatable bonds is 2. The smallest absolute Gasteiger partial charge is 0.325 e. The summed E-state index contributed by atoms with van der Waals surface area (Å²) in [5.74, 6) is -0.176. The highest BCUT2D eigenvalue weighted by molar-refractivity contribution is 5.74. The Morgan fingerprint density at radius 3 is 3.00 bits per heavy atom. The van der Waals surface area contributed by atoms with Gasteiger partial charge in [-0.1, -0.05) is 6.07 Å². The Balaban J connectivity index is 2.79. The largest absolute Gasteiger partial charge is 0.426 e. The molecule has 2 N–H and O–H groups in total. The van der Waals surface area contributed by atoms with E-state index in [-0.39, 0.29) is 6.54 Å². The van der Waals surface area contributed by atoms with Crippen molar-refractivity contribution < 1.29 is 9.53 Å². The first kappa shape index (κ1) is 9.23. The molecule has 13 heavy (non-hydrogen) atoms. The second kappa shape index (κ2) is 4.24. The van der Waals surface area contributed by atoms with Crippen LogP contribution in [0, 0.1) is 11.3 Å². The Morgan fingerprint density at radius 2 is 2.38 bits per heavy atom. The fourth-order valence-corrected chi connectivity index (χ4v) is 0.802. The summed E-state index contributed by atoms with van der Waals surface area (Å²) < 4.78 is 4.79. The lowest BCUT2D eigenvalue weighted by Crippen LogP contribution is -2.19. The molecule has 1 rings (SSSR count). The fourth-order valence-electron chi connectivity index (χ4n) is 0.802. The second-order valence-electron chi connectivity index (χ2n) is 2.32. The molecule has 0 saturated carbocycles. The predicted molar refractivity (Wildman–Crippen MR) is 45.8 cm³/mol. The minimum absolute atomic E-state index is 0.170. The van der Waals surface area contributed by atoms with Gasteiger partial charge in [0.2, 0.25) is 0 Å². The lowest BCUT2D eigenvalue weighted by Gasteiger charge is -2.01. The lowest BCUT2D eigenvalue weighted by molar-refractivity contribution is -0.132. The zero-order chi connectivity index (χ0) is 9.68. The van der Waals surface area contributed by atoms with Crippen LogP contribution in [0.4, 0.5) is 0 Å². The van der Waals surface area contributed by atoms with Crippen molar-refractivity contribution in [1.82, 2.24) is 0 Å². The molecule has 0 aromatic heterocycles. The number of benzene rings is 1. The van der Waals surface area contributed by atoms with Crippen molar-refractivity contribution in [2.75, 3.05) is 6.54 Å². The first-order valence-electron chi connectivity index (χ1n) is 3.67. The third kappa shape index (κ3) is 2.58. The molecule has 4 nitrogen and oxygen atoms in total. The maximum atomic E-state index is 10.8. The Labute approximate surface area is 75.5 Å². The number of hydrogen-bond acceptors (Lipinski definition) is 4. The van der Waals surface area contributed by atoms with Crippen LogP contribution in [0.1, 0.15) is 5.56 Å². The third-order valence-corrected chi connectivity index (χ3v) is 1.36. The standard InChI is InChI=1S/C9H8N2O2/c10-5-7-2-1-3-8(4-7)13-9(12)6-11/h1-4H,6,11H2. The summed E-state index contributed by atoms with van der Waals surface area (Å²) >= 11 is 0. The number of ether oxygens (including phenoxy) is 1. The van der Waals surface area contributed by atoms with Crippen LogP contribution in [0.25, 0.3) is 0 Å². The fraction of sp³-hybridized carbons (Fsp3) is 0.111. The molecule has 0 saturated heterocycles. The molecule has 0 amide bonds. The third-order valence-electron chi connectivity index (χ3n) is 1.36. The second-order valence-corrected chi connectivity index (χ2v) is 2.32. The number of hydrogen-bond donors (Lipinski definition) is 1. The molecule has 4 heteroatoms. The monoisotopic (exact) mass is 176 g/mol. The van der Waals surface area contributed by atoms with Gasteiger partial charge >= 0.3 is 5.97 Å². The SMILES string of the molecule is N#Cc1cccc(OC(=O)CN)c1. The Kier molecular flexibility index (Phi) is 3.01. The van der Waals surface area contributed by atoms with Gasteiger partial charge in [-0.3, -0.25) is 4.79 Å². The maximum Gasteiger partial charge on any atom is 0.325 e. The zero-order valence-corrected chi connectivity index (χ0v) is 6.86. The molecule has 0 radical (unpaired) electrons. The Morgan fingerprint density at radius 1 is 1.62 bits per heavy atom. The van der Waals surface area contributed by atoms with E-state index in [1.807, 2.05) is 6.07 Å². The number of nitriles is 1. The van der Waals surface area contributed by atoms with Gasteiger partial charge in [-0.05, 0) is 18.2 Å². The number of carbonyl (C=O) groups is 1. The number of esters is 1. The van der Waals surface area contributed by atoms with Crippen molar-refractivity contribution in [3.63, 3.8) is 0 Å². The van der Waals surface area contributed by atoms with E-state index in [0.29, 0.717) is 11.3 Å². The van der Waals surface area contributed by atoms with Crippen LogP contribution < -0.4 is 10.5 Å². The molecular weight excluding hydrogens is 168 g/mol.